The number of ether oxygens (including phenoxy) is 1. The summed E-state index contributed by atoms with van der Waals surface area (Å²) in [5.41, 5.74) is -3.87. The predicted octanol–water partition coefficient (Wildman–Crippen LogP) is 4.41. The van der Waals surface area contributed by atoms with Gasteiger partial charge in [0.05, 0.1) is 9.50 Å². The Labute approximate surface area is 95.9 Å². The second-order valence-corrected chi connectivity index (χ2v) is 3.95. The van der Waals surface area contributed by atoms with Crippen molar-refractivity contribution in [1.82, 2.24) is 0 Å². The molecule has 0 fully saturated rings. The number of hydrogen-bond donors (Lipinski definition) is 0. The molecular formula is C7H2BrCl2F3O. The Balaban J connectivity index is 3.04. The Morgan fingerprint density at radius 2 is 1.93 bits per heavy atom. The highest BCUT2D eigenvalue weighted by molar-refractivity contribution is 9.10. The van der Waals surface area contributed by atoms with Gasteiger partial charge in [0.1, 0.15) is 11.6 Å². The van der Waals surface area contributed by atoms with Crippen LogP contribution in [0.15, 0.2) is 16.6 Å². The third kappa shape index (κ3) is 3.22. The van der Waals surface area contributed by atoms with E-state index in [0.29, 0.717) is 0 Å². The van der Waals surface area contributed by atoms with Crippen molar-refractivity contribution < 1.29 is 17.9 Å². The first-order valence-corrected chi connectivity index (χ1v) is 4.75. The molecule has 0 heterocycles. The van der Waals surface area contributed by atoms with Gasteiger partial charge in [0.25, 0.3) is 0 Å². The maximum Gasteiger partial charge on any atom is 0.487 e. The van der Waals surface area contributed by atoms with Gasteiger partial charge >= 0.3 is 5.57 Å². The van der Waals surface area contributed by atoms with Gasteiger partial charge in [-0.15, -0.1) is 8.78 Å². The zero-order chi connectivity index (χ0) is 10.9. The Kier molecular flexibility index (Phi) is 3.55. The van der Waals surface area contributed by atoms with E-state index in [9.17, 15) is 13.2 Å². The lowest BCUT2D eigenvalue weighted by Gasteiger charge is -2.12. The van der Waals surface area contributed by atoms with Gasteiger partial charge in [-0.25, -0.2) is 4.39 Å². The molecule has 0 radical (unpaired) electrons. The lowest BCUT2D eigenvalue weighted by molar-refractivity contribution is -0.0964. The molecule has 0 saturated carbocycles. The number of rotatable bonds is 2. The van der Waals surface area contributed by atoms with E-state index in [1.54, 1.807) is 0 Å². The van der Waals surface area contributed by atoms with Crippen LogP contribution < -0.4 is 4.74 Å². The van der Waals surface area contributed by atoms with Gasteiger partial charge in [-0.05, 0) is 28.1 Å². The molecule has 0 aliphatic heterocycles. The highest BCUT2D eigenvalue weighted by Crippen LogP contribution is 2.34. The van der Waals surface area contributed by atoms with Crippen LogP contribution in [0.4, 0.5) is 13.2 Å². The van der Waals surface area contributed by atoms with E-state index in [-0.39, 0.29) is 9.50 Å². The van der Waals surface area contributed by atoms with E-state index in [2.05, 4.69) is 32.3 Å². The summed E-state index contributed by atoms with van der Waals surface area (Å²) in [4.78, 5) is 0. The van der Waals surface area contributed by atoms with Crippen molar-refractivity contribution >= 4 is 39.1 Å². The molecule has 0 spiro atoms. The summed E-state index contributed by atoms with van der Waals surface area (Å²) < 4.78 is 41.1. The first-order valence-electron chi connectivity index (χ1n) is 3.20. The maximum absolute atomic E-state index is 12.8. The van der Waals surface area contributed by atoms with Gasteiger partial charge in [-0.2, -0.15) is 0 Å². The zero-order valence-corrected chi connectivity index (χ0v) is 9.43. The molecule has 0 aromatic heterocycles. The molecular weight excluding hydrogens is 308 g/mol. The molecule has 1 aromatic carbocycles. The van der Waals surface area contributed by atoms with E-state index in [1.807, 2.05) is 0 Å². The van der Waals surface area contributed by atoms with E-state index >= 15 is 0 Å². The third-order valence-corrected chi connectivity index (χ3v) is 2.18. The van der Waals surface area contributed by atoms with Crippen LogP contribution in [0.2, 0.25) is 5.02 Å². The maximum atomic E-state index is 12.8. The Hall–Kier alpha value is -0.130. The van der Waals surface area contributed by atoms with Crippen LogP contribution in [-0.2, 0) is 0 Å². The van der Waals surface area contributed by atoms with Gasteiger partial charge in [0.15, 0.2) is 0 Å². The molecule has 0 aliphatic carbocycles. The zero-order valence-electron chi connectivity index (χ0n) is 6.33. The van der Waals surface area contributed by atoms with Crippen LogP contribution in [0, 0.1) is 5.82 Å². The number of alkyl halides is 3. The van der Waals surface area contributed by atoms with Gasteiger partial charge in [-0.1, -0.05) is 11.6 Å². The molecule has 0 aliphatic rings. The smallest absolute Gasteiger partial charge is 0.418 e. The fourth-order valence-electron chi connectivity index (χ4n) is 0.707. The number of hydrogen-bond acceptors (Lipinski definition) is 1. The van der Waals surface area contributed by atoms with Crippen molar-refractivity contribution in [3.63, 3.8) is 0 Å². The van der Waals surface area contributed by atoms with Crippen LogP contribution in [0.5, 0.6) is 5.75 Å². The Morgan fingerprint density at radius 3 is 2.43 bits per heavy atom. The third-order valence-electron chi connectivity index (χ3n) is 1.20. The molecule has 7 heteroatoms. The standard InChI is InChI=1S/C7H2BrCl2F3O/c8-3-1-6(14-7(10,12)13)4(9)2-5(3)11/h1-2H. The van der Waals surface area contributed by atoms with Crippen LogP contribution in [0.1, 0.15) is 0 Å². The number of benzene rings is 1. The molecule has 0 unspecified atom stereocenters. The lowest BCUT2D eigenvalue weighted by atomic mass is 10.3. The molecule has 0 saturated heterocycles. The fraction of sp³-hybridized carbons (Fsp3) is 0.143. The van der Waals surface area contributed by atoms with Crippen LogP contribution in [-0.4, -0.2) is 5.57 Å². The average Bonchev–Trinajstić information content (AvgIpc) is 1.97. The van der Waals surface area contributed by atoms with Crippen molar-refractivity contribution in [2.75, 3.05) is 0 Å². The fourth-order valence-corrected chi connectivity index (χ4v) is 1.30. The summed E-state index contributed by atoms with van der Waals surface area (Å²) in [6.07, 6.45) is 0. The normalized spacial score (nSPS) is 11.6. The second-order valence-electron chi connectivity index (χ2n) is 2.24. The molecule has 1 rings (SSSR count). The Bertz CT molecular complexity index is 354. The van der Waals surface area contributed by atoms with Crippen LogP contribution >= 0.6 is 39.1 Å². The average molecular weight is 310 g/mol. The topological polar surface area (TPSA) is 9.23 Å². The van der Waals surface area contributed by atoms with Gasteiger partial charge < -0.3 is 4.74 Å². The van der Waals surface area contributed by atoms with Crippen LogP contribution in [0.3, 0.4) is 0 Å². The summed E-state index contributed by atoms with van der Waals surface area (Å²) in [7, 11) is 0. The monoisotopic (exact) mass is 308 g/mol. The van der Waals surface area contributed by atoms with Crippen molar-refractivity contribution in [3.8, 4) is 5.75 Å². The molecule has 14 heavy (non-hydrogen) atoms. The first kappa shape index (κ1) is 11.9. The largest absolute Gasteiger partial charge is 0.487 e. The quantitative estimate of drug-likeness (QED) is 0.581. The van der Waals surface area contributed by atoms with Gasteiger partial charge in [0.2, 0.25) is 0 Å². The molecule has 0 N–H and O–H groups in total. The van der Waals surface area contributed by atoms with Crippen molar-refractivity contribution in [2.45, 2.75) is 5.57 Å². The summed E-state index contributed by atoms with van der Waals surface area (Å²) in [6.45, 7) is 0. The molecule has 0 amide bonds. The highest BCUT2D eigenvalue weighted by Gasteiger charge is 2.29. The molecule has 1 nitrogen and oxygen atoms in total. The summed E-state index contributed by atoms with van der Waals surface area (Å²) in [6, 6.07) is 1.80. The second kappa shape index (κ2) is 4.16. The van der Waals surface area contributed by atoms with E-state index in [0.717, 1.165) is 12.1 Å². The van der Waals surface area contributed by atoms with E-state index in [1.165, 1.54) is 0 Å². The molecule has 0 bridgehead atoms. The molecule has 1 aromatic rings. The first-order chi connectivity index (χ1) is 6.29. The van der Waals surface area contributed by atoms with Gasteiger partial charge in [0, 0.05) is 11.6 Å². The van der Waals surface area contributed by atoms with E-state index < -0.39 is 17.1 Å². The van der Waals surface area contributed by atoms with Crippen molar-refractivity contribution in [1.29, 1.82) is 0 Å². The minimum absolute atomic E-state index is 0.0437. The minimum Gasteiger partial charge on any atom is -0.418 e. The highest BCUT2D eigenvalue weighted by atomic mass is 79.9. The van der Waals surface area contributed by atoms with Crippen molar-refractivity contribution in [2.24, 2.45) is 0 Å². The summed E-state index contributed by atoms with van der Waals surface area (Å²) >= 11 is 12.7. The predicted molar refractivity (Wildman–Crippen MR) is 50.5 cm³/mol. The van der Waals surface area contributed by atoms with Gasteiger partial charge in [-0.3, -0.25) is 0 Å². The summed E-state index contributed by atoms with van der Waals surface area (Å²) in [5, 5.41) is -0.286. The minimum atomic E-state index is -3.87. The molecule has 0 atom stereocenters. The summed E-state index contributed by atoms with van der Waals surface area (Å²) in [5.74, 6) is -1.08. The Morgan fingerprint density at radius 1 is 1.36 bits per heavy atom. The van der Waals surface area contributed by atoms with Crippen molar-refractivity contribution in [3.05, 3.63) is 27.4 Å². The lowest BCUT2D eigenvalue weighted by Crippen LogP contribution is -2.15. The van der Waals surface area contributed by atoms with E-state index in [4.69, 9.17) is 11.6 Å². The number of halogens is 6. The van der Waals surface area contributed by atoms with Crippen LogP contribution in [0.25, 0.3) is 0 Å². The molecule has 78 valence electrons. The SMILES string of the molecule is Fc1cc(Cl)c(OC(F)(F)Cl)cc1Br.